The van der Waals surface area contributed by atoms with Gasteiger partial charge in [-0.05, 0) is 44.1 Å². The lowest BCUT2D eigenvalue weighted by molar-refractivity contribution is 0.397. The standard InChI is InChI=1S/C14H19N3O3S.ClH/c1-16-9-12-5-6-17(10-12)21(18,19)14-4-3-11(8-15)7-13(14)20-2;/h3-4,7,12,16H,5-6,9-10H2,1-2H3;1H. The van der Waals surface area contributed by atoms with Gasteiger partial charge in [-0.1, -0.05) is 0 Å². The normalized spacial score (nSPS) is 18.5. The molecule has 0 spiro atoms. The van der Waals surface area contributed by atoms with Crippen molar-refractivity contribution < 1.29 is 13.2 Å². The van der Waals surface area contributed by atoms with Crippen molar-refractivity contribution in [1.82, 2.24) is 9.62 Å². The second-order valence-corrected chi connectivity index (χ2v) is 6.96. The highest BCUT2D eigenvalue weighted by molar-refractivity contribution is 7.89. The lowest BCUT2D eigenvalue weighted by Crippen LogP contribution is -2.30. The molecule has 0 bridgehead atoms. The average molecular weight is 346 g/mol. The Morgan fingerprint density at radius 1 is 1.50 bits per heavy atom. The lowest BCUT2D eigenvalue weighted by atomic mass is 10.1. The smallest absolute Gasteiger partial charge is 0.246 e. The fraction of sp³-hybridized carbons (Fsp3) is 0.500. The molecule has 0 amide bonds. The summed E-state index contributed by atoms with van der Waals surface area (Å²) in [5, 5.41) is 12.0. The number of nitriles is 1. The van der Waals surface area contributed by atoms with E-state index in [0.29, 0.717) is 24.6 Å². The van der Waals surface area contributed by atoms with Gasteiger partial charge in [-0.25, -0.2) is 8.42 Å². The van der Waals surface area contributed by atoms with E-state index in [0.717, 1.165) is 13.0 Å². The first-order valence-corrected chi connectivity index (χ1v) is 8.19. The van der Waals surface area contributed by atoms with Crippen molar-refractivity contribution in [3.05, 3.63) is 23.8 Å². The summed E-state index contributed by atoms with van der Waals surface area (Å²) in [5.74, 6) is 0.542. The maximum atomic E-state index is 12.7. The SMILES string of the molecule is CNCC1CCN(S(=O)(=O)c2ccc(C#N)cc2OC)C1.Cl. The summed E-state index contributed by atoms with van der Waals surface area (Å²) in [6, 6.07) is 6.37. The third-order valence-electron chi connectivity index (χ3n) is 3.65. The van der Waals surface area contributed by atoms with E-state index >= 15 is 0 Å². The Bertz CT molecular complexity index is 658. The molecule has 22 heavy (non-hydrogen) atoms. The van der Waals surface area contributed by atoms with Crippen LogP contribution in [-0.2, 0) is 10.0 Å². The van der Waals surface area contributed by atoms with Crippen LogP contribution in [-0.4, -0.2) is 46.5 Å². The molecule has 1 fully saturated rings. The maximum Gasteiger partial charge on any atom is 0.246 e. The largest absolute Gasteiger partial charge is 0.495 e. The van der Waals surface area contributed by atoms with Gasteiger partial charge in [0.2, 0.25) is 10.0 Å². The molecule has 0 aliphatic carbocycles. The molecule has 8 heteroatoms. The zero-order chi connectivity index (χ0) is 15.5. The summed E-state index contributed by atoms with van der Waals surface area (Å²) >= 11 is 0. The van der Waals surface area contributed by atoms with E-state index in [9.17, 15) is 8.42 Å². The Morgan fingerprint density at radius 2 is 2.23 bits per heavy atom. The molecular formula is C14H20ClN3O3S. The van der Waals surface area contributed by atoms with Crippen LogP contribution in [0.3, 0.4) is 0 Å². The van der Waals surface area contributed by atoms with Crippen molar-refractivity contribution >= 4 is 22.4 Å². The number of benzene rings is 1. The predicted molar refractivity (Wildman–Crippen MR) is 85.7 cm³/mol. The molecule has 1 heterocycles. The number of nitrogens with one attached hydrogen (secondary N) is 1. The van der Waals surface area contributed by atoms with Crippen LogP contribution in [0.4, 0.5) is 0 Å². The first-order chi connectivity index (χ1) is 10.0. The summed E-state index contributed by atoms with van der Waals surface area (Å²) in [4.78, 5) is 0.120. The van der Waals surface area contributed by atoms with Crippen molar-refractivity contribution in [2.75, 3.05) is 33.8 Å². The van der Waals surface area contributed by atoms with E-state index < -0.39 is 10.0 Å². The van der Waals surface area contributed by atoms with Crippen molar-refractivity contribution in [3.63, 3.8) is 0 Å². The molecule has 6 nitrogen and oxygen atoms in total. The van der Waals surface area contributed by atoms with E-state index in [4.69, 9.17) is 10.00 Å². The van der Waals surface area contributed by atoms with Gasteiger partial charge in [-0.15, -0.1) is 12.4 Å². The molecule has 1 atom stereocenters. The van der Waals surface area contributed by atoms with Gasteiger partial charge in [0.15, 0.2) is 0 Å². The number of methoxy groups -OCH3 is 1. The van der Waals surface area contributed by atoms with Crippen LogP contribution in [0.15, 0.2) is 23.1 Å². The average Bonchev–Trinajstić information content (AvgIpc) is 2.96. The molecular weight excluding hydrogens is 326 g/mol. The van der Waals surface area contributed by atoms with Crippen molar-refractivity contribution in [3.8, 4) is 11.8 Å². The fourth-order valence-electron chi connectivity index (χ4n) is 2.56. The summed E-state index contributed by atoms with van der Waals surface area (Å²) in [5.41, 5.74) is 0.375. The second kappa shape index (κ2) is 7.79. The Morgan fingerprint density at radius 3 is 2.82 bits per heavy atom. The van der Waals surface area contributed by atoms with Crippen LogP contribution in [0.1, 0.15) is 12.0 Å². The van der Waals surface area contributed by atoms with E-state index in [1.54, 1.807) is 0 Å². The van der Waals surface area contributed by atoms with Gasteiger partial charge in [0.05, 0.1) is 18.7 Å². The quantitative estimate of drug-likeness (QED) is 0.867. The molecule has 1 aromatic rings. The Labute approximate surface area is 137 Å². The van der Waals surface area contributed by atoms with E-state index in [-0.39, 0.29) is 23.1 Å². The minimum atomic E-state index is -3.59. The number of halogens is 1. The molecule has 1 saturated heterocycles. The predicted octanol–water partition coefficient (Wildman–Crippen LogP) is 1.22. The third kappa shape index (κ3) is 3.70. The van der Waals surface area contributed by atoms with Gasteiger partial charge in [0, 0.05) is 13.1 Å². The first-order valence-electron chi connectivity index (χ1n) is 6.75. The number of ether oxygens (including phenoxy) is 1. The lowest BCUT2D eigenvalue weighted by Gasteiger charge is -2.18. The highest BCUT2D eigenvalue weighted by Gasteiger charge is 2.34. The molecule has 122 valence electrons. The second-order valence-electron chi connectivity index (χ2n) is 5.05. The third-order valence-corrected chi connectivity index (χ3v) is 5.56. The molecule has 0 radical (unpaired) electrons. The zero-order valence-corrected chi connectivity index (χ0v) is 14.2. The maximum absolute atomic E-state index is 12.7. The summed E-state index contributed by atoms with van der Waals surface area (Å²) in [6.45, 7) is 1.82. The first kappa shape index (κ1) is 18.7. The van der Waals surface area contributed by atoms with E-state index in [1.807, 2.05) is 13.1 Å². The molecule has 1 unspecified atom stereocenters. The summed E-state index contributed by atoms with van der Waals surface area (Å²) < 4.78 is 32.0. The van der Waals surface area contributed by atoms with Crippen LogP contribution in [0, 0.1) is 17.2 Å². The van der Waals surface area contributed by atoms with Crippen molar-refractivity contribution in [1.29, 1.82) is 5.26 Å². The Hall–Kier alpha value is -1.33. The molecule has 1 N–H and O–H groups in total. The monoisotopic (exact) mass is 345 g/mol. The van der Waals surface area contributed by atoms with Crippen LogP contribution >= 0.6 is 12.4 Å². The van der Waals surface area contributed by atoms with Crippen molar-refractivity contribution in [2.45, 2.75) is 11.3 Å². The van der Waals surface area contributed by atoms with E-state index in [1.165, 1.54) is 29.6 Å². The van der Waals surface area contributed by atoms with Crippen LogP contribution in [0.2, 0.25) is 0 Å². The number of sulfonamides is 1. The van der Waals surface area contributed by atoms with Gasteiger partial charge < -0.3 is 10.1 Å². The minimum Gasteiger partial charge on any atom is -0.495 e. The fourth-order valence-corrected chi connectivity index (χ4v) is 4.23. The topological polar surface area (TPSA) is 82.4 Å². The van der Waals surface area contributed by atoms with Crippen LogP contribution < -0.4 is 10.1 Å². The number of rotatable bonds is 5. The number of nitrogens with zero attached hydrogens (tertiary/aromatic N) is 2. The molecule has 2 rings (SSSR count). The summed E-state index contributed by atoms with van der Waals surface area (Å²) in [6.07, 6.45) is 0.846. The van der Waals surface area contributed by atoms with Crippen molar-refractivity contribution in [2.24, 2.45) is 5.92 Å². The van der Waals surface area contributed by atoms with Gasteiger partial charge in [0.25, 0.3) is 0 Å². The van der Waals surface area contributed by atoms with Crippen LogP contribution in [0.5, 0.6) is 5.75 Å². The van der Waals surface area contributed by atoms with E-state index in [2.05, 4.69) is 5.32 Å². The molecule has 0 aromatic heterocycles. The Kier molecular flexibility index (Phi) is 6.63. The molecule has 1 aliphatic heterocycles. The summed E-state index contributed by atoms with van der Waals surface area (Å²) in [7, 11) is -0.319. The highest BCUT2D eigenvalue weighted by Crippen LogP contribution is 2.30. The van der Waals surface area contributed by atoms with Gasteiger partial charge >= 0.3 is 0 Å². The van der Waals surface area contributed by atoms with Gasteiger partial charge in [0.1, 0.15) is 10.6 Å². The molecule has 1 aromatic carbocycles. The zero-order valence-electron chi connectivity index (χ0n) is 12.6. The Balaban J connectivity index is 0.00000242. The van der Waals surface area contributed by atoms with Gasteiger partial charge in [-0.3, -0.25) is 0 Å². The highest BCUT2D eigenvalue weighted by atomic mass is 35.5. The number of hydrogen-bond acceptors (Lipinski definition) is 5. The molecule has 1 aliphatic rings. The minimum absolute atomic E-state index is 0. The van der Waals surface area contributed by atoms with Crippen LogP contribution in [0.25, 0.3) is 0 Å². The van der Waals surface area contributed by atoms with Gasteiger partial charge in [-0.2, -0.15) is 9.57 Å². The number of hydrogen-bond donors (Lipinski definition) is 1. The molecule has 0 saturated carbocycles.